The number of benzene rings is 1. The Kier molecular flexibility index (Phi) is 6.71. The second-order valence-corrected chi connectivity index (χ2v) is 11.0. The lowest BCUT2D eigenvalue weighted by molar-refractivity contribution is 0.0580. The van der Waals surface area contributed by atoms with Crippen LogP contribution in [0.1, 0.15) is 89.7 Å². The van der Waals surface area contributed by atoms with Gasteiger partial charge in [-0.05, 0) is 80.0 Å². The number of fused-ring (bicyclic) bond motifs is 1. The number of aryl methyl sites for hydroxylation is 1. The molecule has 1 fully saturated rings. The minimum absolute atomic E-state index is 0.00757. The van der Waals surface area contributed by atoms with Crippen molar-refractivity contribution in [1.82, 2.24) is 30.1 Å². The van der Waals surface area contributed by atoms with E-state index in [1.807, 2.05) is 17.7 Å². The molecule has 7 heteroatoms. The van der Waals surface area contributed by atoms with Gasteiger partial charge in [-0.2, -0.15) is 0 Å². The highest BCUT2D eigenvalue weighted by Gasteiger charge is 2.36. The van der Waals surface area contributed by atoms with Crippen LogP contribution in [0.3, 0.4) is 0 Å². The normalized spacial score (nSPS) is 16.7. The first kappa shape index (κ1) is 23.6. The van der Waals surface area contributed by atoms with Crippen molar-refractivity contribution >= 4 is 10.9 Å². The van der Waals surface area contributed by atoms with E-state index >= 15 is 0 Å². The molecule has 3 aromatic rings. The highest BCUT2D eigenvalue weighted by Crippen LogP contribution is 2.36. The van der Waals surface area contributed by atoms with Crippen LogP contribution in [0.25, 0.3) is 10.9 Å². The smallest absolute Gasteiger partial charge is 0.252 e. The van der Waals surface area contributed by atoms with Gasteiger partial charge >= 0.3 is 0 Å². The lowest BCUT2D eigenvalue weighted by Crippen LogP contribution is -2.44. The number of nitrogens with zero attached hydrogens (tertiary/aromatic N) is 5. The molecule has 178 valence electrons. The zero-order chi connectivity index (χ0) is 23.8. The van der Waals surface area contributed by atoms with Gasteiger partial charge in [0.15, 0.2) is 5.82 Å². The van der Waals surface area contributed by atoms with Crippen molar-refractivity contribution in [3.8, 4) is 0 Å². The maximum absolute atomic E-state index is 13.1. The summed E-state index contributed by atoms with van der Waals surface area (Å²) in [5.74, 6) is 1.18. The molecule has 0 amide bonds. The zero-order valence-corrected chi connectivity index (χ0v) is 20.9. The summed E-state index contributed by atoms with van der Waals surface area (Å²) >= 11 is 0. The number of rotatable bonds is 6. The summed E-state index contributed by atoms with van der Waals surface area (Å²) in [7, 11) is 0. The third kappa shape index (κ3) is 5.03. The molecule has 2 aromatic heterocycles. The fourth-order valence-corrected chi connectivity index (χ4v) is 5.23. The van der Waals surface area contributed by atoms with Gasteiger partial charge in [-0.1, -0.05) is 45.2 Å². The van der Waals surface area contributed by atoms with E-state index in [0.717, 1.165) is 40.7 Å². The van der Waals surface area contributed by atoms with Crippen LogP contribution in [-0.2, 0) is 12.1 Å². The summed E-state index contributed by atoms with van der Waals surface area (Å²) in [5, 5.41) is 14.0. The second-order valence-electron chi connectivity index (χ2n) is 11.0. The predicted octanol–water partition coefficient (Wildman–Crippen LogP) is 5.11. The van der Waals surface area contributed by atoms with E-state index in [2.05, 4.69) is 78.2 Å². The molecule has 33 heavy (non-hydrogen) atoms. The van der Waals surface area contributed by atoms with Gasteiger partial charge in [0.25, 0.3) is 5.56 Å². The minimum atomic E-state index is -0.220. The quantitative estimate of drug-likeness (QED) is 0.564. The number of hydrogen-bond donors (Lipinski definition) is 1. The molecule has 1 aromatic carbocycles. The van der Waals surface area contributed by atoms with Crippen LogP contribution < -0.4 is 5.56 Å². The molecule has 2 heterocycles. The monoisotopic (exact) mass is 450 g/mol. The fourth-order valence-electron chi connectivity index (χ4n) is 5.23. The van der Waals surface area contributed by atoms with E-state index in [1.165, 1.54) is 19.3 Å². The number of tetrazole rings is 1. The molecular formula is C26H38N6O. The molecule has 0 spiro atoms. The summed E-state index contributed by atoms with van der Waals surface area (Å²) in [5.41, 5.74) is 2.61. The van der Waals surface area contributed by atoms with E-state index < -0.39 is 0 Å². The number of aromatic nitrogens is 5. The molecule has 0 saturated heterocycles. The van der Waals surface area contributed by atoms with Crippen molar-refractivity contribution in [2.75, 3.05) is 0 Å². The van der Waals surface area contributed by atoms with Crippen molar-refractivity contribution in [1.29, 1.82) is 0 Å². The molecule has 1 atom stereocenters. The zero-order valence-electron chi connectivity index (χ0n) is 20.9. The van der Waals surface area contributed by atoms with Crippen molar-refractivity contribution in [3.63, 3.8) is 0 Å². The molecule has 4 rings (SSSR count). The Balaban J connectivity index is 1.79. The number of aromatic amines is 1. The number of nitrogens with one attached hydrogen (secondary N) is 1. The van der Waals surface area contributed by atoms with Crippen molar-refractivity contribution < 1.29 is 0 Å². The Morgan fingerprint density at radius 1 is 1.15 bits per heavy atom. The van der Waals surface area contributed by atoms with E-state index in [9.17, 15) is 4.79 Å². The highest BCUT2D eigenvalue weighted by atomic mass is 16.1. The summed E-state index contributed by atoms with van der Waals surface area (Å²) in [6.07, 6.45) is 6.02. The van der Waals surface area contributed by atoms with Gasteiger partial charge in [0.1, 0.15) is 0 Å². The minimum Gasteiger partial charge on any atom is -0.322 e. The molecule has 1 saturated carbocycles. The Bertz CT molecular complexity index is 1150. The lowest BCUT2D eigenvalue weighted by Gasteiger charge is -2.41. The van der Waals surface area contributed by atoms with Crippen LogP contribution >= 0.6 is 0 Å². The molecule has 0 unspecified atom stereocenters. The average Bonchev–Trinajstić information content (AvgIpc) is 3.24. The summed E-state index contributed by atoms with van der Waals surface area (Å²) in [6, 6.07) is 8.72. The molecule has 1 N–H and O–H groups in total. The third-order valence-electron chi connectivity index (χ3n) is 6.86. The van der Waals surface area contributed by atoms with Crippen LogP contribution in [0.2, 0.25) is 0 Å². The van der Waals surface area contributed by atoms with E-state index in [4.69, 9.17) is 0 Å². The van der Waals surface area contributed by atoms with Gasteiger partial charge < -0.3 is 4.98 Å². The van der Waals surface area contributed by atoms with Crippen LogP contribution in [0, 0.1) is 12.8 Å². The molecular weight excluding hydrogens is 412 g/mol. The van der Waals surface area contributed by atoms with Crippen molar-refractivity contribution in [2.24, 2.45) is 5.92 Å². The summed E-state index contributed by atoms with van der Waals surface area (Å²) < 4.78 is 1.96. The first-order valence-corrected chi connectivity index (χ1v) is 12.3. The molecule has 1 aliphatic rings. The van der Waals surface area contributed by atoms with Gasteiger partial charge in [0.2, 0.25) is 0 Å². The summed E-state index contributed by atoms with van der Waals surface area (Å²) in [4.78, 5) is 18.8. The van der Waals surface area contributed by atoms with Gasteiger partial charge in [-0.15, -0.1) is 5.10 Å². The fraction of sp³-hybridized carbons (Fsp3) is 0.615. The topological polar surface area (TPSA) is 79.7 Å². The Hall–Kier alpha value is -2.54. The number of hydrogen-bond acceptors (Lipinski definition) is 5. The molecule has 0 aliphatic heterocycles. The van der Waals surface area contributed by atoms with Crippen LogP contribution in [0.4, 0.5) is 0 Å². The maximum atomic E-state index is 13.1. The predicted molar refractivity (Wildman–Crippen MR) is 132 cm³/mol. The van der Waals surface area contributed by atoms with E-state index in [-0.39, 0.29) is 17.1 Å². The average molecular weight is 451 g/mol. The highest BCUT2D eigenvalue weighted by molar-refractivity contribution is 5.79. The van der Waals surface area contributed by atoms with Gasteiger partial charge in [0.05, 0.1) is 11.6 Å². The number of H-pyrrole nitrogens is 1. The Morgan fingerprint density at radius 3 is 2.55 bits per heavy atom. The standard InChI is InChI=1S/C26H38N6O/c1-17(2)23(24-28-29-30-32(24)26(4,5)6)31(21-10-8-7-9-11-21)16-20-15-19-13-12-18(3)14-22(19)27-25(20)33/h12-15,17,21,23H,7-11,16H2,1-6H3,(H,27,33)/t23-/m0/s1. The molecule has 0 bridgehead atoms. The number of pyridine rings is 1. The molecule has 0 radical (unpaired) electrons. The Labute approximate surface area is 196 Å². The van der Waals surface area contributed by atoms with Crippen molar-refractivity contribution in [2.45, 2.75) is 97.8 Å². The Morgan fingerprint density at radius 2 is 1.88 bits per heavy atom. The van der Waals surface area contributed by atoms with E-state index in [0.29, 0.717) is 18.5 Å². The molecule has 7 nitrogen and oxygen atoms in total. The first-order valence-electron chi connectivity index (χ1n) is 12.3. The summed E-state index contributed by atoms with van der Waals surface area (Å²) in [6.45, 7) is 13.5. The van der Waals surface area contributed by atoms with Crippen LogP contribution in [0.15, 0.2) is 29.1 Å². The van der Waals surface area contributed by atoms with Crippen molar-refractivity contribution in [3.05, 3.63) is 51.6 Å². The SMILES string of the molecule is Cc1ccc2cc(CN(C3CCCCC3)[C@H](c3nnnn3C(C)(C)C)C(C)C)c(=O)[nH]c2c1. The van der Waals surface area contributed by atoms with Gasteiger partial charge in [0, 0.05) is 23.7 Å². The largest absolute Gasteiger partial charge is 0.322 e. The maximum Gasteiger partial charge on any atom is 0.252 e. The van der Waals surface area contributed by atoms with Crippen LogP contribution in [0.5, 0.6) is 0 Å². The lowest BCUT2D eigenvalue weighted by atomic mass is 9.90. The first-order chi connectivity index (χ1) is 15.6. The second kappa shape index (κ2) is 9.37. The van der Waals surface area contributed by atoms with Gasteiger partial charge in [-0.25, -0.2) is 4.68 Å². The van der Waals surface area contributed by atoms with Gasteiger partial charge in [-0.3, -0.25) is 9.69 Å². The van der Waals surface area contributed by atoms with Crippen LogP contribution in [-0.4, -0.2) is 36.1 Å². The molecule has 1 aliphatic carbocycles. The van der Waals surface area contributed by atoms with E-state index in [1.54, 1.807) is 0 Å². The third-order valence-corrected chi connectivity index (χ3v) is 6.86.